The largest absolute Gasteiger partial charge is 0.573 e. The SMILES string of the molecule is O=C(O)Cc1cc(OC(F)(F)F)c(CF)[nH]c1=O. The van der Waals surface area contributed by atoms with Crippen molar-refractivity contribution in [2.45, 2.75) is 19.5 Å². The Balaban J connectivity index is 3.22. The van der Waals surface area contributed by atoms with E-state index in [-0.39, 0.29) is 0 Å². The fourth-order valence-electron chi connectivity index (χ4n) is 1.20. The van der Waals surface area contributed by atoms with Crippen LogP contribution < -0.4 is 10.3 Å². The zero-order valence-corrected chi connectivity index (χ0v) is 8.68. The summed E-state index contributed by atoms with van der Waals surface area (Å²) in [5.74, 6) is -2.37. The van der Waals surface area contributed by atoms with Crippen LogP contribution in [-0.4, -0.2) is 22.4 Å². The van der Waals surface area contributed by atoms with E-state index in [4.69, 9.17) is 5.11 Å². The van der Waals surface area contributed by atoms with Crippen molar-refractivity contribution in [1.29, 1.82) is 0 Å². The first-order chi connectivity index (χ1) is 8.23. The zero-order valence-electron chi connectivity index (χ0n) is 8.68. The normalized spacial score (nSPS) is 11.3. The lowest BCUT2D eigenvalue weighted by Crippen LogP contribution is -2.23. The average molecular weight is 269 g/mol. The molecule has 0 amide bonds. The van der Waals surface area contributed by atoms with Crippen LogP contribution in [0.2, 0.25) is 0 Å². The van der Waals surface area contributed by atoms with E-state index in [1.807, 2.05) is 0 Å². The van der Waals surface area contributed by atoms with Crippen LogP contribution in [0.4, 0.5) is 17.6 Å². The van der Waals surface area contributed by atoms with Gasteiger partial charge in [-0.05, 0) is 6.07 Å². The maximum Gasteiger partial charge on any atom is 0.573 e. The summed E-state index contributed by atoms with van der Waals surface area (Å²) in [6, 6.07) is 0.565. The summed E-state index contributed by atoms with van der Waals surface area (Å²) in [6.07, 6.45) is -5.86. The molecule has 0 aliphatic heterocycles. The van der Waals surface area contributed by atoms with Crippen LogP contribution in [0.3, 0.4) is 0 Å². The Bertz CT molecular complexity index is 508. The van der Waals surface area contributed by atoms with Gasteiger partial charge in [0.1, 0.15) is 6.67 Å². The van der Waals surface area contributed by atoms with Gasteiger partial charge in [-0.2, -0.15) is 0 Å². The third-order valence-corrected chi connectivity index (χ3v) is 1.86. The maximum absolute atomic E-state index is 12.4. The van der Waals surface area contributed by atoms with Gasteiger partial charge < -0.3 is 14.8 Å². The van der Waals surface area contributed by atoms with Gasteiger partial charge in [0.05, 0.1) is 12.1 Å². The van der Waals surface area contributed by atoms with Crippen molar-refractivity contribution in [1.82, 2.24) is 4.98 Å². The molecule has 9 heteroatoms. The van der Waals surface area contributed by atoms with E-state index < -0.39 is 48.0 Å². The van der Waals surface area contributed by atoms with Crippen molar-refractivity contribution < 1.29 is 32.2 Å². The van der Waals surface area contributed by atoms with E-state index in [1.54, 1.807) is 4.98 Å². The summed E-state index contributed by atoms with van der Waals surface area (Å²) in [5, 5.41) is 8.45. The standard InChI is InChI=1S/C9H7F4NO4/c10-3-5-6(18-9(11,12)13)1-4(2-7(15)16)8(17)14-5/h1H,2-3H2,(H,14,17)(H,15,16). The Hall–Kier alpha value is -2.06. The molecule has 1 aromatic rings. The maximum atomic E-state index is 12.4. The van der Waals surface area contributed by atoms with Gasteiger partial charge in [-0.25, -0.2) is 4.39 Å². The quantitative estimate of drug-likeness (QED) is 0.809. The molecule has 0 radical (unpaired) electrons. The van der Waals surface area contributed by atoms with Crippen LogP contribution in [0.15, 0.2) is 10.9 Å². The Morgan fingerprint density at radius 3 is 2.50 bits per heavy atom. The number of carbonyl (C=O) groups is 1. The first kappa shape index (κ1) is 14.0. The summed E-state index contributed by atoms with van der Waals surface area (Å²) in [4.78, 5) is 23.4. The van der Waals surface area contributed by atoms with Crippen LogP contribution in [0.25, 0.3) is 0 Å². The molecule has 5 nitrogen and oxygen atoms in total. The summed E-state index contributed by atoms with van der Waals surface area (Å²) in [7, 11) is 0. The van der Waals surface area contributed by atoms with Crippen molar-refractivity contribution in [3.8, 4) is 5.75 Å². The minimum absolute atomic E-state index is 0.459. The van der Waals surface area contributed by atoms with E-state index in [1.165, 1.54) is 0 Å². The highest BCUT2D eigenvalue weighted by Gasteiger charge is 2.32. The number of hydrogen-bond donors (Lipinski definition) is 2. The first-order valence-electron chi connectivity index (χ1n) is 4.51. The molecule has 100 valence electrons. The van der Waals surface area contributed by atoms with Gasteiger partial charge >= 0.3 is 12.3 Å². The van der Waals surface area contributed by atoms with Gasteiger partial charge in [-0.1, -0.05) is 0 Å². The highest BCUT2D eigenvalue weighted by molar-refractivity contribution is 5.70. The van der Waals surface area contributed by atoms with Gasteiger partial charge in [0.15, 0.2) is 5.75 Å². The molecule has 0 unspecified atom stereocenters. The lowest BCUT2D eigenvalue weighted by Gasteiger charge is -2.12. The Labute approximate surface area is 97.0 Å². The van der Waals surface area contributed by atoms with Crippen LogP contribution in [-0.2, 0) is 17.9 Å². The predicted molar refractivity (Wildman–Crippen MR) is 49.9 cm³/mol. The number of aromatic amines is 1. The van der Waals surface area contributed by atoms with Crippen molar-refractivity contribution in [2.75, 3.05) is 0 Å². The molecular weight excluding hydrogens is 262 g/mol. The molecule has 0 atom stereocenters. The smallest absolute Gasteiger partial charge is 0.481 e. The Kier molecular flexibility index (Phi) is 3.94. The van der Waals surface area contributed by atoms with Crippen LogP contribution in [0, 0.1) is 0 Å². The number of alkyl halides is 4. The third kappa shape index (κ3) is 3.75. The second-order valence-electron chi connectivity index (χ2n) is 3.22. The van der Waals surface area contributed by atoms with Crippen LogP contribution >= 0.6 is 0 Å². The summed E-state index contributed by atoms with van der Waals surface area (Å²) >= 11 is 0. The molecule has 0 spiro atoms. The van der Waals surface area contributed by atoms with E-state index in [0.29, 0.717) is 6.07 Å². The molecule has 0 fully saturated rings. The second kappa shape index (κ2) is 5.07. The number of hydrogen-bond acceptors (Lipinski definition) is 3. The molecular formula is C9H7F4NO4. The van der Waals surface area contributed by atoms with Gasteiger partial charge in [-0.15, -0.1) is 13.2 Å². The van der Waals surface area contributed by atoms with Crippen LogP contribution in [0.1, 0.15) is 11.3 Å². The minimum atomic E-state index is -5.07. The zero-order chi connectivity index (χ0) is 13.9. The van der Waals surface area contributed by atoms with E-state index in [2.05, 4.69) is 4.74 Å². The molecule has 0 aromatic carbocycles. The first-order valence-corrected chi connectivity index (χ1v) is 4.51. The Morgan fingerprint density at radius 2 is 2.06 bits per heavy atom. The molecule has 0 bridgehead atoms. The highest BCUT2D eigenvalue weighted by Crippen LogP contribution is 2.25. The van der Waals surface area contributed by atoms with Gasteiger partial charge in [0.25, 0.3) is 5.56 Å². The highest BCUT2D eigenvalue weighted by atomic mass is 19.4. The fraction of sp³-hybridized carbons (Fsp3) is 0.333. The monoisotopic (exact) mass is 269 g/mol. The number of aromatic nitrogens is 1. The number of nitrogens with one attached hydrogen (secondary N) is 1. The number of pyridine rings is 1. The number of rotatable bonds is 4. The molecule has 1 aromatic heterocycles. The second-order valence-corrected chi connectivity index (χ2v) is 3.22. The average Bonchev–Trinajstić information content (AvgIpc) is 2.19. The van der Waals surface area contributed by atoms with E-state index >= 15 is 0 Å². The molecule has 1 heterocycles. The lowest BCUT2D eigenvalue weighted by molar-refractivity contribution is -0.275. The van der Waals surface area contributed by atoms with Crippen LogP contribution in [0.5, 0.6) is 5.75 Å². The van der Waals surface area contributed by atoms with Gasteiger partial charge in [-0.3, -0.25) is 9.59 Å². The molecule has 2 N–H and O–H groups in total. The van der Waals surface area contributed by atoms with E-state index in [9.17, 15) is 27.2 Å². The summed E-state index contributed by atoms with van der Waals surface area (Å²) < 4.78 is 51.9. The molecule has 0 saturated carbocycles. The summed E-state index contributed by atoms with van der Waals surface area (Å²) in [5.41, 5.74) is -2.13. The molecule has 0 saturated heterocycles. The van der Waals surface area contributed by atoms with Gasteiger partial charge in [0, 0.05) is 5.56 Å². The molecule has 1 rings (SSSR count). The number of aliphatic carboxylic acids is 1. The van der Waals surface area contributed by atoms with Gasteiger partial charge in [0.2, 0.25) is 0 Å². The topological polar surface area (TPSA) is 79.4 Å². The lowest BCUT2D eigenvalue weighted by atomic mass is 10.2. The van der Waals surface area contributed by atoms with Crippen molar-refractivity contribution >= 4 is 5.97 Å². The summed E-state index contributed by atoms with van der Waals surface area (Å²) in [6.45, 7) is -1.38. The number of carboxylic acids is 1. The van der Waals surface area contributed by atoms with E-state index in [0.717, 1.165) is 0 Å². The Morgan fingerprint density at radius 1 is 1.44 bits per heavy atom. The molecule has 18 heavy (non-hydrogen) atoms. The minimum Gasteiger partial charge on any atom is -0.481 e. The number of halogens is 4. The predicted octanol–water partition coefficient (Wildman–Crippen LogP) is 1.37. The third-order valence-electron chi connectivity index (χ3n) is 1.86. The van der Waals surface area contributed by atoms with Crippen molar-refractivity contribution in [3.05, 3.63) is 27.7 Å². The van der Waals surface area contributed by atoms with Crippen molar-refractivity contribution in [3.63, 3.8) is 0 Å². The molecule has 0 aliphatic carbocycles. The molecule has 0 aliphatic rings. The number of carboxylic acid groups (broad SMARTS) is 1. The number of ether oxygens (including phenoxy) is 1. The number of H-pyrrole nitrogens is 1. The van der Waals surface area contributed by atoms with Crippen molar-refractivity contribution in [2.24, 2.45) is 0 Å². The fourth-order valence-corrected chi connectivity index (χ4v) is 1.20.